The SMILES string of the molecule is O=C1NC(c2ccc(S(=O)(=O)N(CCCCC(F)(F)F)c3cc4ccccc4s3)cc2)NS1. The van der Waals surface area contributed by atoms with E-state index in [2.05, 4.69) is 10.0 Å². The largest absolute Gasteiger partial charge is 0.389 e. The standard InChI is InChI=1S/C21H20F3N3O3S3/c22-21(23,24)11-3-4-12-27(18-13-15-5-1-2-6-17(15)31-18)33(29,30)16-9-7-14(8-10-16)19-25-20(28)32-26-19/h1-2,5-10,13,19,26H,3-4,11-12H2,(H,25,28). The Hall–Kier alpha value is -2.28. The van der Waals surface area contributed by atoms with E-state index in [9.17, 15) is 26.4 Å². The molecule has 1 amide bonds. The number of fused-ring (bicyclic) bond motifs is 1. The lowest BCUT2D eigenvalue weighted by atomic mass is 10.2. The van der Waals surface area contributed by atoms with Gasteiger partial charge in [-0.05, 0) is 48.1 Å². The molecule has 0 radical (unpaired) electrons. The summed E-state index contributed by atoms with van der Waals surface area (Å²) >= 11 is 2.20. The number of nitrogens with zero attached hydrogens (tertiary/aromatic N) is 1. The Balaban J connectivity index is 1.60. The lowest BCUT2D eigenvalue weighted by Gasteiger charge is -2.23. The van der Waals surface area contributed by atoms with Crippen molar-refractivity contribution in [2.24, 2.45) is 0 Å². The van der Waals surface area contributed by atoms with Crippen molar-refractivity contribution in [1.29, 1.82) is 0 Å². The molecule has 2 heterocycles. The van der Waals surface area contributed by atoms with E-state index in [1.54, 1.807) is 18.2 Å². The summed E-state index contributed by atoms with van der Waals surface area (Å²) < 4.78 is 69.7. The lowest BCUT2D eigenvalue weighted by Crippen LogP contribution is -2.31. The zero-order chi connectivity index (χ0) is 23.6. The molecule has 6 nitrogen and oxygen atoms in total. The number of benzene rings is 2. The highest BCUT2D eigenvalue weighted by atomic mass is 32.2. The van der Waals surface area contributed by atoms with Crippen LogP contribution in [0.3, 0.4) is 0 Å². The molecule has 2 N–H and O–H groups in total. The Morgan fingerprint density at radius 3 is 2.39 bits per heavy atom. The molecule has 1 unspecified atom stereocenters. The predicted octanol–water partition coefficient (Wildman–Crippen LogP) is 5.79. The predicted molar refractivity (Wildman–Crippen MR) is 125 cm³/mol. The highest BCUT2D eigenvalue weighted by Gasteiger charge is 2.29. The maximum atomic E-state index is 13.5. The van der Waals surface area contributed by atoms with Gasteiger partial charge in [-0.25, -0.2) is 13.1 Å². The second-order valence-corrected chi connectivity index (χ2v) is 11.2. The quantitative estimate of drug-likeness (QED) is 0.293. The molecule has 1 atom stereocenters. The fraction of sp³-hybridized carbons (Fsp3) is 0.286. The molecule has 4 rings (SSSR count). The van der Waals surface area contributed by atoms with Gasteiger partial charge in [0.25, 0.3) is 15.3 Å². The van der Waals surface area contributed by atoms with Crippen LogP contribution in [0.15, 0.2) is 59.5 Å². The van der Waals surface area contributed by atoms with Crippen molar-refractivity contribution in [1.82, 2.24) is 10.0 Å². The van der Waals surface area contributed by atoms with E-state index in [0.29, 0.717) is 10.6 Å². The second-order valence-electron chi connectivity index (χ2n) is 7.43. The van der Waals surface area contributed by atoms with Gasteiger partial charge in [0.1, 0.15) is 11.2 Å². The highest BCUT2D eigenvalue weighted by Crippen LogP contribution is 2.36. The van der Waals surface area contributed by atoms with Crippen LogP contribution >= 0.6 is 23.3 Å². The number of halogens is 3. The number of carbonyl (C=O) groups excluding carboxylic acids is 1. The summed E-state index contributed by atoms with van der Waals surface area (Å²) in [5.74, 6) is 0. The van der Waals surface area contributed by atoms with Crippen LogP contribution in [-0.2, 0) is 10.0 Å². The van der Waals surface area contributed by atoms with Crippen LogP contribution < -0.4 is 14.3 Å². The number of anilines is 1. The van der Waals surface area contributed by atoms with Crippen LogP contribution in [0.2, 0.25) is 0 Å². The van der Waals surface area contributed by atoms with Gasteiger partial charge in [-0.15, -0.1) is 11.3 Å². The Kier molecular flexibility index (Phi) is 6.89. The van der Waals surface area contributed by atoms with E-state index in [-0.39, 0.29) is 29.5 Å². The van der Waals surface area contributed by atoms with E-state index in [1.165, 1.54) is 27.8 Å². The Morgan fingerprint density at radius 1 is 1.03 bits per heavy atom. The summed E-state index contributed by atoms with van der Waals surface area (Å²) in [5, 5.41) is 3.79. The van der Waals surface area contributed by atoms with Gasteiger partial charge >= 0.3 is 6.18 Å². The number of thiophene rings is 1. The van der Waals surface area contributed by atoms with E-state index < -0.39 is 28.8 Å². The van der Waals surface area contributed by atoms with Crippen LogP contribution in [0, 0.1) is 0 Å². The topological polar surface area (TPSA) is 78.5 Å². The number of hydrogen-bond donors (Lipinski definition) is 2. The first-order valence-electron chi connectivity index (χ1n) is 10.0. The first-order valence-corrected chi connectivity index (χ1v) is 13.1. The fourth-order valence-electron chi connectivity index (χ4n) is 3.42. The first-order chi connectivity index (χ1) is 15.6. The molecule has 1 fully saturated rings. The van der Waals surface area contributed by atoms with Gasteiger partial charge in [-0.1, -0.05) is 30.3 Å². The normalized spacial score (nSPS) is 16.8. The summed E-state index contributed by atoms with van der Waals surface area (Å²) in [5.41, 5.74) is 0.686. The molecule has 12 heteroatoms. The van der Waals surface area contributed by atoms with Crippen molar-refractivity contribution in [3.05, 3.63) is 60.2 Å². The average molecular weight is 516 g/mol. The molecule has 1 aromatic heterocycles. The zero-order valence-electron chi connectivity index (χ0n) is 17.1. The smallest absolute Gasteiger partial charge is 0.326 e. The molecule has 0 spiro atoms. The summed E-state index contributed by atoms with van der Waals surface area (Å²) in [7, 11) is -4.02. The van der Waals surface area contributed by atoms with Crippen LogP contribution in [0.1, 0.15) is 31.0 Å². The number of unbranched alkanes of at least 4 members (excludes halogenated alkanes) is 1. The van der Waals surface area contributed by atoms with Crippen molar-refractivity contribution in [2.45, 2.75) is 36.5 Å². The van der Waals surface area contributed by atoms with Crippen LogP contribution in [0.5, 0.6) is 0 Å². The van der Waals surface area contributed by atoms with E-state index in [1.807, 2.05) is 24.3 Å². The number of nitrogens with one attached hydrogen (secondary N) is 2. The molecule has 1 saturated heterocycles. The molecule has 1 aliphatic rings. The minimum absolute atomic E-state index is 0.0245. The van der Waals surface area contributed by atoms with E-state index in [4.69, 9.17) is 0 Å². The lowest BCUT2D eigenvalue weighted by molar-refractivity contribution is -0.135. The number of alkyl halides is 3. The third kappa shape index (κ3) is 5.62. The van der Waals surface area contributed by atoms with Gasteiger partial charge in [0, 0.05) is 29.6 Å². The number of carbonyl (C=O) groups is 1. The van der Waals surface area contributed by atoms with Crippen molar-refractivity contribution in [3.63, 3.8) is 0 Å². The number of amides is 1. The Morgan fingerprint density at radius 2 is 1.76 bits per heavy atom. The first kappa shape index (κ1) is 23.9. The molecular formula is C21H20F3N3O3S3. The van der Waals surface area contributed by atoms with Gasteiger partial charge in [-0.2, -0.15) is 13.2 Å². The van der Waals surface area contributed by atoms with Crippen molar-refractivity contribution in [2.75, 3.05) is 10.8 Å². The summed E-state index contributed by atoms with van der Waals surface area (Å²) in [6.07, 6.45) is -5.76. The molecule has 3 aromatic rings. The van der Waals surface area contributed by atoms with Crippen LogP contribution in [0.25, 0.3) is 10.1 Å². The van der Waals surface area contributed by atoms with E-state index >= 15 is 0 Å². The van der Waals surface area contributed by atoms with Gasteiger partial charge < -0.3 is 5.32 Å². The molecule has 2 aromatic carbocycles. The molecule has 33 heavy (non-hydrogen) atoms. The average Bonchev–Trinajstić information content (AvgIpc) is 3.38. The second kappa shape index (κ2) is 9.53. The number of sulfonamides is 1. The van der Waals surface area contributed by atoms with Gasteiger partial charge in [0.05, 0.1) is 4.90 Å². The molecule has 0 saturated carbocycles. The van der Waals surface area contributed by atoms with Crippen LogP contribution in [-0.4, -0.2) is 26.4 Å². The molecule has 1 aliphatic heterocycles. The zero-order valence-corrected chi connectivity index (χ0v) is 19.6. The number of hydrogen-bond acceptors (Lipinski definition) is 6. The third-order valence-electron chi connectivity index (χ3n) is 5.06. The Labute approximate surface area is 197 Å². The minimum Gasteiger partial charge on any atom is -0.326 e. The Bertz CT molecular complexity index is 1210. The van der Waals surface area contributed by atoms with Gasteiger partial charge in [0.15, 0.2) is 0 Å². The van der Waals surface area contributed by atoms with E-state index in [0.717, 1.165) is 22.0 Å². The highest BCUT2D eigenvalue weighted by molar-refractivity contribution is 8.12. The molecule has 0 bridgehead atoms. The summed E-state index contributed by atoms with van der Waals surface area (Å²) in [4.78, 5) is 11.4. The molecule has 0 aliphatic carbocycles. The molecular weight excluding hydrogens is 495 g/mol. The monoisotopic (exact) mass is 515 g/mol. The van der Waals surface area contributed by atoms with Gasteiger partial charge in [0.2, 0.25) is 0 Å². The molecule has 176 valence electrons. The van der Waals surface area contributed by atoms with Crippen molar-refractivity contribution >= 4 is 53.6 Å². The van der Waals surface area contributed by atoms with Gasteiger partial charge in [-0.3, -0.25) is 9.10 Å². The van der Waals surface area contributed by atoms with Crippen molar-refractivity contribution < 1.29 is 26.4 Å². The van der Waals surface area contributed by atoms with Crippen LogP contribution in [0.4, 0.5) is 23.0 Å². The van der Waals surface area contributed by atoms with Crippen molar-refractivity contribution in [3.8, 4) is 0 Å². The summed E-state index contributed by atoms with van der Waals surface area (Å²) in [6, 6.07) is 15.2. The number of rotatable bonds is 8. The maximum Gasteiger partial charge on any atom is 0.389 e. The summed E-state index contributed by atoms with van der Waals surface area (Å²) in [6.45, 7) is -0.0656. The maximum absolute atomic E-state index is 13.5. The minimum atomic E-state index is -4.28. The fourth-order valence-corrected chi connectivity index (χ4v) is 6.81. The third-order valence-corrected chi connectivity index (χ3v) is 8.80.